The van der Waals surface area contributed by atoms with Crippen LogP contribution in [0.4, 0.5) is 13.2 Å². The summed E-state index contributed by atoms with van der Waals surface area (Å²) in [6, 6.07) is -1.31. The Kier molecular flexibility index (Phi) is 4.02. The zero-order chi connectivity index (χ0) is 9.78. The molecule has 0 heterocycles. The molecule has 6 heteroatoms. The van der Waals surface area contributed by atoms with Crippen molar-refractivity contribution >= 4 is 5.97 Å². The van der Waals surface area contributed by atoms with Gasteiger partial charge in [0.15, 0.2) is 0 Å². The van der Waals surface area contributed by atoms with E-state index in [4.69, 9.17) is 0 Å². The average molecular weight is 185 g/mol. The van der Waals surface area contributed by atoms with Crippen LogP contribution in [0.1, 0.15) is 6.42 Å². The van der Waals surface area contributed by atoms with Crippen LogP contribution in [-0.4, -0.2) is 32.3 Å². The van der Waals surface area contributed by atoms with Crippen LogP contribution in [0.15, 0.2) is 0 Å². The zero-order valence-electron chi connectivity index (χ0n) is 6.73. The van der Waals surface area contributed by atoms with E-state index < -0.39 is 24.6 Å². The maximum Gasteiger partial charge on any atom is 0.391 e. The molecule has 0 aromatic heterocycles. The Labute approximate surface area is 67.9 Å². The third-order valence-electron chi connectivity index (χ3n) is 1.27. The summed E-state index contributed by atoms with van der Waals surface area (Å²) in [6.45, 7) is 0. The standard InChI is InChI=1S/C6H10F3NO2/c1-10-4(5(11)12-2)3-6(7,8)9/h4,10H,3H2,1-2H3/t4-/m0/s1. The fourth-order valence-electron chi connectivity index (χ4n) is 0.677. The van der Waals surface area contributed by atoms with Crippen molar-refractivity contribution in [1.29, 1.82) is 0 Å². The molecule has 0 aliphatic heterocycles. The smallest absolute Gasteiger partial charge is 0.391 e. The largest absolute Gasteiger partial charge is 0.468 e. The topological polar surface area (TPSA) is 38.3 Å². The van der Waals surface area contributed by atoms with Crippen LogP contribution in [0, 0.1) is 0 Å². The number of rotatable bonds is 3. The first-order valence-corrected chi connectivity index (χ1v) is 3.22. The van der Waals surface area contributed by atoms with E-state index in [9.17, 15) is 18.0 Å². The maximum absolute atomic E-state index is 11.7. The fraction of sp³-hybridized carbons (Fsp3) is 0.833. The number of methoxy groups -OCH3 is 1. The van der Waals surface area contributed by atoms with Crippen molar-refractivity contribution in [3.05, 3.63) is 0 Å². The highest BCUT2D eigenvalue weighted by molar-refractivity contribution is 5.75. The first-order valence-electron chi connectivity index (χ1n) is 3.22. The van der Waals surface area contributed by atoms with E-state index in [1.54, 1.807) is 0 Å². The fourth-order valence-corrected chi connectivity index (χ4v) is 0.677. The van der Waals surface area contributed by atoms with Gasteiger partial charge in [-0.2, -0.15) is 13.2 Å². The Hall–Kier alpha value is -0.780. The molecule has 0 aromatic rings. The lowest BCUT2D eigenvalue weighted by atomic mass is 10.2. The molecule has 0 spiro atoms. The van der Waals surface area contributed by atoms with Gasteiger partial charge in [-0.25, -0.2) is 0 Å². The summed E-state index contributed by atoms with van der Waals surface area (Å²) in [7, 11) is 2.32. The quantitative estimate of drug-likeness (QED) is 0.658. The van der Waals surface area contributed by atoms with Crippen molar-refractivity contribution < 1.29 is 22.7 Å². The minimum Gasteiger partial charge on any atom is -0.468 e. The van der Waals surface area contributed by atoms with E-state index in [1.165, 1.54) is 7.05 Å². The summed E-state index contributed by atoms with van der Waals surface area (Å²) in [6.07, 6.45) is -5.57. The number of alkyl halides is 3. The van der Waals surface area contributed by atoms with Gasteiger partial charge in [0.2, 0.25) is 0 Å². The van der Waals surface area contributed by atoms with Gasteiger partial charge >= 0.3 is 12.1 Å². The van der Waals surface area contributed by atoms with Gasteiger partial charge < -0.3 is 10.1 Å². The normalized spacial score (nSPS) is 14.1. The first kappa shape index (κ1) is 11.2. The lowest BCUT2D eigenvalue weighted by molar-refractivity contribution is -0.160. The molecular weight excluding hydrogens is 175 g/mol. The predicted octanol–water partition coefficient (Wildman–Crippen LogP) is 0.700. The van der Waals surface area contributed by atoms with E-state index in [-0.39, 0.29) is 0 Å². The SMILES string of the molecule is CN[C@@H](CC(F)(F)F)C(=O)OC. The number of nitrogens with one attached hydrogen (secondary N) is 1. The Morgan fingerprint density at radius 1 is 1.58 bits per heavy atom. The van der Waals surface area contributed by atoms with Gasteiger partial charge in [-0.3, -0.25) is 4.79 Å². The lowest BCUT2D eigenvalue weighted by Gasteiger charge is -2.14. The zero-order valence-corrected chi connectivity index (χ0v) is 6.73. The van der Waals surface area contributed by atoms with Crippen LogP contribution in [0.3, 0.4) is 0 Å². The minimum absolute atomic E-state index is 0.908. The van der Waals surface area contributed by atoms with Gasteiger partial charge in [-0.15, -0.1) is 0 Å². The van der Waals surface area contributed by atoms with Crippen molar-refractivity contribution in [2.45, 2.75) is 18.6 Å². The summed E-state index contributed by atoms with van der Waals surface area (Å²) < 4.78 is 39.4. The molecule has 1 atom stereocenters. The molecular formula is C6H10F3NO2. The second-order valence-electron chi connectivity index (χ2n) is 2.18. The minimum atomic E-state index is -4.36. The molecule has 0 aliphatic carbocycles. The van der Waals surface area contributed by atoms with Crippen molar-refractivity contribution in [3.63, 3.8) is 0 Å². The Balaban J connectivity index is 4.09. The number of esters is 1. The Bertz CT molecular complexity index is 157. The van der Waals surface area contributed by atoms with Gasteiger partial charge in [0, 0.05) is 0 Å². The van der Waals surface area contributed by atoms with Crippen molar-refractivity contribution in [3.8, 4) is 0 Å². The number of hydrogen-bond acceptors (Lipinski definition) is 3. The van der Waals surface area contributed by atoms with Crippen molar-refractivity contribution in [2.24, 2.45) is 0 Å². The lowest BCUT2D eigenvalue weighted by Crippen LogP contribution is -2.38. The molecule has 0 bridgehead atoms. The number of likely N-dealkylation sites (N-methyl/N-ethyl adjacent to an activating group) is 1. The summed E-state index contributed by atoms with van der Waals surface area (Å²) in [4.78, 5) is 10.6. The van der Waals surface area contributed by atoms with Crippen LogP contribution in [0.2, 0.25) is 0 Å². The molecule has 0 amide bonds. The Morgan fingerprint density at radius 3 is 2.33 bits per heavy atom. The Morgan fingerprint density at radius 2 is 2.08 bits per heavy atom. The van der Waals surface area contributed by atoms with E-state index in [0.29, 0.717) is 0 Å². The van der Waals surface area contributed by atoms with Crippen LogP contribution >= 0.6 is 0 Å². The molecule has 0 saturated carbocycles. The summed E-state index contributed by atoms with van der Waals surface area (Å²) in [5.74, 6) is -0.908. The molecule has 0 rings (SSSR count). The molecule has 1 N–H and O–H groups in total. The highest BCUT2D eigenvalue weighted by atomic mass is 19.4. The highest BCUT2D eigenvalue weighted by Crippen LogP contribution is 2.21. The van der Waals surface area contributed by atoms with Crippen LogP contribution in [-0.2, 0) is 9.53 Å². The number of hydrogen-bond donors (Lipinski definition) is 1. The second kappa shape index (κ2) is 4.30. The summed E-state index contributed by atoms with van der Waals surface area (Å²) in [5.41, 5.74) is 0. The number of carbonyl (C=O) groups excluding carboxylic acids is 1. The maximum atomic E-state index is 11.7. The molecule has 0 saturated heterocycles. The van der Waals surface area contributed by atoms with Crippen molar-refractivity contribution in [1.82, 2.24) is 5.32 Å². The van der Waals surface area contributed by atoms with Gasteiger partial charge in [-0.05, 0) is 7.05 Å². The van der Waals surface area contributed by atoms with Crippen molar-refractivity contribution in [2.75, 3.05) is 14.2 Å². The van der Waals surface area contributed by atoms with Gasteiger partial charge in [0.1, 0.15) is 6.04 Å². The molecule has 12 heavy (non-hydrogen) atoms. The van der Waals surface area contributed by atoms with Gasteiger partial charge in [-0.1, -0.05) is 0 Å². The molecule has 0 aromatic carbocycles. The predicted molar refractivity (Wildman–Crippen MR) is 35.5 cm³/mol. The van der Waals surface area contributed by atoms with Gasteiger partial charge in [0.05, 0.1) is 13.5 Å². The monoisotopic (exact) mass is 185 g/mol. The number of halogens is 3. The van der Waals surface area contributed by atoms with E-state index in [0.717, 1.165) is 7.11 Å². The molecule has 0 fully saturated rings. The van der Waals surface area contributed by atoms with Gasteiger partial charge in [0.25, 0.3) is 0 Å². The van der Waals surface area contributed by atoms with Crippen LogP contribution in [0.5, 0.6) is 0 Å². The van der Waals surface area contributed by atoms with E-state index in [2.05, 4.69) is 10.1 Å². The summed E-state index contributed by atoms with van der Waals surface area (Å²) >= 11 is 0. The summed E-state index contributed by atoms with van der Waals surface area (Å²) in [5, 5.41) is 2.21. The number of carbonyl (C=O) groups is 1. The third-order valence-corrected chi connectivity index (χ3v) is 1.27. The molecule has 3 nitrogen and oxygen atoms in total. The number of ether oxygens (including phenoxy) is 1. The second-order valence-corrected chi connectivity index (χ2v) is 2.18. The van der Waals surface area contributed by atoms with E-state index >= 15 is 0 Å². The van der Waals surface area contributed by atoms with Crippen LogP contribution in [0.25, 0.3) is 0 Å². The highest BCUT2D eigenvalue weighted by Gasteiger charge is 2.34. The molecule has 72 valence electrons. The van der Waals surface area contributed by atoms with E-state index in [1.807, 2.05) is 0 Å². The first-order chi connectivity index (χ1) is 5.40. The third kappa shape index (κ3) is 4.17. The molecule has 0 aliphatic rings. The average Bonchev–Trinajstić information content (AvgIpc) is 1.97. The van der Waals surface area contributed by atoms with Crippen LogP contribution < -0.4 is 5.32 Å². The molecule has 0 radical (unpaired) electrons. The molecule has 0 unspecified atom stereocenters.